The van der Waals surface area contributed by atoms with Gasteiger partial charge >= 0.3 is 12.1 Å². The number of carbonyl (C=O) groups excluding carboxylic acids is 2. The number of alkyl halides is 1. The van der Waals surface area contributed by atoms with Crippen LogP contribution in [0.2, 0.25) is 0 Å². The van der Waals surface area contributed by atoms with Gasteiger partial charge in [0.1, 0.15) is 11.7 Å². The Morgan fingerprint density at radius 1 is 1.52 bits per heavy atom. The smallest absolute Gasteiger partial charge is 0.411 e. The lowest BCUT2D eigenvalue weighted by atomic mass is 9.90. The second-order valence-electron chi connectivity index (χ2n) is 5.99. The number of hydrogen-bond donors (Lipinski definition) is 1. The third-order valence-electron chi connectivity index (χ3n) is 3.20. The van der Waals surface area contributed by atoms with E-state index >= 15 is 0 Å². The van der Waals surface area contributed by atoms with Crippen LogP contribution < -0.4 is 0 Å². The molecular formula is C14H22FNO5. The van der Waals surface area contributed by atoms with Gasteiger partial charge in [-0.2, -0.15) is 0 Å². The summed E-state index contributed by atoms with van der Waals surface area (Å²) in [5, 5.41) is 9.93. The van der Waals surface area contributed by atoms with Crippen molar-refractivity contribution in [2.24, 2.45) is 0 Å². The van der Waals surface area contributed by atoms with E-state index in [1.54, 1.807) is 20.8 Å². The third kappa shape index (κ3) is 3.53. The second-order valence-corrected chi connectivity index (χ2v) is 5.99. The number of amides is 1. The molecule has 0 unspecified atom stereocenters. The Morgan fingerprint density at radius 2 is 2.10 bits per heavy atom. The molecular weight excluding hydrogens is 281 g/mol. The van der Waals surface area contributed by atoms with E-state index in [2.05, 4.69) is 11.3 Å². The van der Waals surface area contributed by atoms with Gasteiger partial charge in [-0.3, -0.25) is 4.90 Å². The minimum absolute atomic E-state index is 0.284. The zero-order valence-corrected chi connectivity index (χ0v) is 12.8. The molecule has 0 saturated carbocycles. The largest absolute Gasteiger partial charge is 0.467 e. The molecule has 0 spiro atoms. The number of ether oxygens (including phenoxy) is 2. The molecule has 0 aromatic heterocycles. The summed E-state index contributed by atoms with van der Waals surface area (Å²) in [6.45, 7) is 8.02. The molecule has 1 fully saturated rings. The van der Waals surface area contributed by atoms with Gasteiger partial charge in [-0.25, -0.2) is 14.0 Å². The van der Waals surface area contributed by atoms with Gasteiger partial charge in [0.15, 0.2) is 11.7 Å². The van der Waals surface area contributed by atoms with Gasteiger partial charge in [0.05, 0.1) is 13.7 Å². The van der Waals surface area contributed by atoms with Crippen LogP contribution >= 0.6 is 0 Å². The number of allylic oxidation sites excluding steroid dienone is 1. The Morgan fingerprint density at radius 3 is 2.52 bits per heavy atom. The normalized spacial score (nSPS) is 29.1. The summed E-state index contributed by atoms with van der Waals surface area (Å²) < 4.78 is 24.7. The number of methoxy groups -OCH3 is 1. The van der Waals surface area contributed by atoms with Gasteiger partial charge < -0.3 is 14.6 Å². The molecule has 3 atom stereocenters. The number of nitrogens with zero attached hydrogens (tertiary/aromatic N) is 1. The highest BCUT2D eigenvalue weighted by molar-refractivity contribution is 5.84. The van der Waals surface area contributed by atoms with Crippen LogP contribution in [0.25, 0.3) is 0 Å². The highest BCUT2D eigenvalue weighted by Gasteiger charge is 2.60. The molecule has 0 aromatic rings. The van der Waals surface area contributed by atoms with E-state index in [1.807, 2.05) is 0 Å². The van der Waals surface area contributed by atoms with Crippen LogP contribution in [0.15, 0.2) is 12.7 Å². The fourth-order valence-corrected chi connectivity index (χ4v) is 2.29. The van der Waals surface area contributed by atoms with E-state index < -0.39 is 35.5 Å². The van der Waals surface area contributed by atoms with Crippen LogP contribution in [-0.2, 0) is 14.3 Å². The maximum atomic E-state index is 15.0. The summed E-state index contributed by atoms with van der Waals surface area (Å²) in [6, 6.07) is -1.56. The van der Waals surface area contributed by atoms with Gasteiger partial charge in [-0.15, -0.1) is 6.58 Å². The minimum Gasteiger partial charge on any atom is -0.467 e. The molecule has 7 heteroatoms. The van der Waals surface area contributed by atoms with E-state index in [1.165, 1.54) is 6.08 Å². The summed E-state index contributed by atoms with van der Waals surface area (Å²) in [6.07, 6.45) is -1.43. The molecule has 1 aliphatic heterocycles. The Balaban J connectivity index is 3.11. The average Bonchev–Trinajstić information content (AvgIpc) is 2.60. The molecule has 1 N–H and O–H groups in total. The Bertz CT molecular complexity index is 434. The Kier molecular flexibility index (Phi) is 4.99. The van der Waals surface area contributed by atoms with Crippen molar-refractivity contribution in [1.82, 2.24) is 4.90 Å². The predicted molar refractivity (Wildman–Crippen MR) is 73.4 cm³/mol. The van der Waals surface area contributed by atoms with Crippen LogP contribution in [0.5, 0.6) is 0 Å². The number of hydrogen-bond acceptors (Lipinski definition) is 5. The number of aliphatic hydroxyl groups excluding tert-OH is 1. The van der Waals surface area contributed by atoms with Crippen molar-refractivity contribution in [3.63, 3.8) is 0 Å². The number of halogens is 1. The van der Waals surface area contributed by atoms with Gasteiger partial charge in [0, 0.05) is 6.42 Å². The molecule has 0 bridgehead atoms. The molecule has 21 heavy (non-hydrogen) atoms. The van der Waals surface area contributed by atoms with Crippen molar-refractivity contribution in [2.75, 3.05) is 13.7 Å². The first-order chi connectivity index (χ1) is 9.56. The van der Waals surface area contributed by atoms with Gasteiger partial charge in [-0.1, -0.05) is 6.08 Å². The van der Waals surface area contributed by atoms with Crippen LogP contribution in [0.3, 0.4) is 0 Å². The van der Waals surface area contributed by atoms with Gasteiger partial charge in [0.25, 0.3) is 0 Å². The maximum absolute atomic E-state index is 15.0. The van der Waals surface area contributed by atoms with Crippen LogP contribution in [-0.4, -0.2) is 59.1 Å². The first-order valence-corrected chi connectivity index (χ1v) is 6.62. The van der Waals surface area contributed by atoms with Crippen molar-refractivity contribution >= 4 is 12.1 Å². The summed E-state index contributed by atoms with van der Waals surface area (Å²) in [7, 11) is 1.09. The number of rotatable bonds is 3. The number of likely N-dealkylation sites (tertiary alicyclic amines) is 1. The topological polar surface area (TPSA) is 76.1 Å². The molecule has 0 aromatic carbocycles. The predicted octanol–water partition coefficient (Wildman–Crippen LogP) is 1.42. The van der Waals surface area contributed by atoms with E-state index in [0.29, 0.717) is 0 Å². The van der Waals surface area contributed by atoms with Gasteiger partial charge in [0.2, 0.25) is 0 Å². The van der Waals surface area contributed by atoms with Crippen molar-refractivity contribution < 1.29 is 28.6 Å². The van der Waals surface area contributed by atoms with Crippen LogP contribution in [0.1, 0.15) is 27.2 Å². The fraction of sp³-hybridized carbons (Fsp3) is 0.714. The molecule has 0 aliphatic carbocycles. The lowest BCUT2D eigenvalue weighted by molar-refractivity contribution is -0.151. The van der Waals surface area contributed by atoms with E-state index in [9.17, 15) is 19.1 Å². The number of β-amino-alcohol motifs (C(OH)–C–C–N with tert-alkyl or cyclic N) is 1. The second kappa shape index (κ2) is 6.01. The van der Waals surface area contributed by atoms with E-state index in [4.69, 9.17) is 4.74 Å². The van der Waals surface area contributed by atoms with E-state index in [-0.39, 0.29) is 13.0 Å². The van der Waals surface area contributed by atoms with Crippen molar-refractivity contribution in [1.29, 1.82) is 0 Å². The van der Waals surface area contributed by atoms with Crippen molar-refractivity contribution in [2.45, 2.75) is 50.6 Å². The summed E-state index contributed by atoms with van der Waals surface area (Å²) in [4.78, 5) is 24.9. The molecule has 1 rings (SSSR count). The third-order valence-corrected chi connectivity index (χ3v) is 3.20. The zero-order valence-electron chi connectivity index (χ0n) is 12.8. The molecule has 6 nitrogen and oxygen atoms in total. The van der Waals surface area contributed by atoms with E-state index in [0.717, 1.165) is 12.0 Å². The first kappa shape index (κ1) is 17.4. The quantitative estimate of drug-likeness (QED) is 0.630. The SMILES string of the molecule is C=CC[C@@]1(F)[C@H](O)CN(C(=O)OC(C)(C)C)[C@@H]1C(=O)OC. The molecule has 1 aliphatic rings. The van der Waals surface area contributed by atoms with Crippen molar-refractivity contribution in [3.8, 4) is 0 Å². The summed E-state index contributed by atoms with van der Waals surface area (Å²) in [5.74, 6) is -0.943. The average molecular weight is 303 g/mol. The molecule has 1 amide bonds. The maximum Gasteiger partial charge on any atom is 0.411 e. The number of aliphatic hydroxyl groups is 1. The Labute approximate surface area is 123 Å². The van der Waals surface area contributed by atoms with Crippen LogP contribution in [0, 0.1) is 0 Å². The summed E-state index contributed by atoms with van der Waals surface area (Å²) in [5.41, 5.74) is -3.14. The molecule has 120 valence electrons. The van der Waals surface area contributed by atoms with Crippen LogP contribution in [0.4, 0.5) is 9.18 Å². The zero-order chi connectivity index (χ0) is 16.4. The molecule has 1 saturated heterocycles. The Hall–Kier alpha value is -1.63. The highest BCUT2D eigenvalue weighted by Crippen LogP contribution is 2.37. The minimum atomic E-state index is -2.34. The highest BCUT2D eigenvalue weighted by atomic mass is 19.1. The van der Waals surface area contributed by atoms with Gasteiger partial charge in [-0.05, 0) is 20.8 Å². The first-order valence-electron chi connectivity index (χ1n) is 6.62. The molecule has 0 radical (unpaired) electrons. The fourth-order valence-electron chi connectivity index (χ4n) is 2.29. The number of esters is 1. The molecule has 1 heterocycles. The standard InChI is InChI=1S/C14H22FNO5/c1-6-7-14(15)9(17)8-16(10(14)11(18)20-5)12(19)21-13(2,3)4/h6,9-10,17H,1,7-8H2,2-5H3/t9-,10-,14-/m1/s1. The number of carbonyl (C=O) groups is 2. The lowest BCUT2D eigenvalue weighted by Gasteiger charge is -2.31. The van der Waals surface area contributed by atoms with Crippen molar-refractivity contribution in [3.05, 3.63) is 12.7 Å². The monoisotopic (exact) mass is 303 g/mol. The lowest BCUT2D eigenvalue weighted by Crippen LogP contribution is -2.52. The summed E-state index contributed by atoms with van der Waals surface area (Å²) >= 11 is 0.